The Morgan fingerprint density at radius 2 is 2.03 bits per heavy atom. The molecular weight excluding hydrogens is 450 g/mol. The van der Waals surface area contributed by atoms with Crippen molar-refractivity contribution in [2.45, 2.75) is 45.7 Å². The van der Waals surface area contributed by atoms with Crippen molar-refractivity contribution in [1.29, 1.82) is 0 Å². The van der Waals surface area contributed by atoms with E-state index in [1.54, 1.807) is 10.4 Å². The quantitative estimate of drug-likeness (QED) is 0.455. The lowest BCUT2D eigenvalue weighted by molar-refractivity contribution is -0.150. The molecule has 186 valence electrons. The maximum Gasteiger partial charge on any atom is 0.408 e. The molecule has 2 aromatic rings. The number of aryl methyl sites for hydroxylation is 1. The van der Waals surface area contributed by atoms with Gasteiger partial charge in [-0.05, 0) is 60.8 Å². The minimum Gasteiger partial charge on any atom is -0.465 e. The molecular formula is C25H31N5O5. The van der Waals surface area contributed by atoms with Gasteiger partial charge in [-0.25, -0.2) is 15.3 Å². The molecule has 3 N–H and O–H groups in total. The van der Waals surface area contributed by atoms with E-state index in [4.69, 9.17) is 0 Å². The van der Waals surface area contributed by atoms with Crippen LogP contribution < -0.4 is 5.48 Å². The molecule has 1 aromatic heterocycles. The maximum absolute atomic E-state index is 13.6. The van der Waals surface area contributed by atoms with Gasteiger partial charge < -0.3 is 14.6 Å². The van der Waals surface area contributed by atoms with E-state index in [0.717, 1.165) is 40.0 Å². The van der Waals surface area contributed by atoms with Crippen molar-refractivity contribution < 1.29 is 24.7 Å². The van der Waals surface area contributed by atoms with Crippen molar-refractivity contribution >= 4 is 34.5 Å². The molecule has 1 aliphatic carbocycles. The summed E-state index contributed by atoms with van der Waals surface area (Å²) in [5, 5.41) is 19.2. The molecule has 2 fully saturated rings. The molecule has 1 spiro atoms. The van der Waals surface area contributed by atoms with E-state index < -0.39 is 24.0 Å². The molecule has 2 unspecified atom stereocenters. The smallest absolute Gasteiger partial charge is 0.408 e. The molecule has 1 aromatic carbocycles. The SMILES string of the molecule is CCn1cnc2ccc(C3=CCN(C(=O)[C@@H]4[C@@H](C(=O)NO)CC5(CC5C)CN4C(=O)O)CC3)cc21. The molecule has 2 aliphatic heterocycles. The van der Waals surface area contributed by atoms with Crippen molar-refractivity contribution in [2.24, 2.45) is 17.3 Å². The Hall–Kier alpha value is -3.40. The molecule has 1 saturated carbocycles. The van der Waals surface area contributed by atoms with Crippen molar-refractivity contribution in [1.82, 2.24) is 24.8 Å². The highest BCUT2D eigenvalue weighted by Crippen LogP contribution is 2.59. The van der Waals surface area contributed by atoms with Crippen LogP contribution in [0.4, 0.5) is 4.79 Å². The molecule has 5 rings (SSSR count). The topological polar surface area (TPSA) is 128 Å². The number of imidazole rings is 1. The summed E-state index contributed by atoms with van der Waals surface area (Å²) in [6, 6.07) is 4.99. The molecule has 10 nitrogen and oxygen atoms in total. The fraction of sp³-hybridized carbons (Fsp3) is 0.520. The lowest BCUT2D eigenvalue weighted by atomic mass is 9.78. The Bertz CT molecular complexity index is 1220. The van der Waals surface area contributed by atoms with Crippen LogP contribution in [0, 0.1) is 17.3 Å². The first-order chi connectivity index (χ1) is 16.8. The van der Waals surface area contributed by atoms with E-state index in [-0.39, 0.29) is 23.8 Å². The highest BCUT2D eigenvalue weighted by atomic mass is 16.5. The maximum atomic E-state index is 13.6. The Morgan fingerprint density at radius 1 is 1.26 bits per heavy atom. The van der Waals surface area contributed by atoms with Gasteiger partial charge in [-0.3, -0.25) is 19.7 Å². The zero-order valence-electron chi connectivity index (χ0n) is 20.0. The van der Waals surface area contributed by atoms with E-state index in [0.29, 0.717) is 25.9 Å². The number of fused-ring (bicyclic) bond motifs is 1. The average Bonchev–Trinajstić information content (AvgIpc) is 3.29. The van der Waals surface area contributed by atoms with Crippen LogP contribution in [0.25, 0.3) is 16.6 Å². The molecule has 3 heterocycles. The molecule has 0 radical (unpaired) electrons. The monoisotopic (exact) mass is 481 g/mol. The van der Waals surface area contributed by atoms with E-state index in [9.17, 15) is 24.7 Å². The van der Waals surface area contributed by atoms with Crippen molar-refractivity contribution in [3.63, 3.8) is 0 Å². The van der Waals surface area contributed by atoms with Crippen LogP contribution in [0.5, 0.6) is 0 Å². The van der Waals surface area contributed by atoms with Gasteiger partial charge in [0.05, 0.1) is 23.3 Å². The summed E-state index contributed by atoms with van der Waals surface area (Å²) in [6.07, 6.45) is 4.43. The average molecular weight is 482 g/mol. The third-order valence-electron chi connectivity index (χ3n) is 8.23. The van der Waals surface area contributed by atoms with Crippen LogP contribution in [0.3, 0.4) is 0 Å². The second-order valence-electron chi connectivity index (χ2n) is 10.1. The van der Waals surface area contributed by atoms with Gasteiger partial charge in [-0.15, -0.1) is 0 Å². The number of likely N-dealkylation sites (tertiary alicyclic amines) is 1. The van der Waals surface area contributed by atoms with Gasteiger partial charge in [-0.2, -0.15) is 0 Å². The standard InChI is InChI=1S/C25H31N5O5/c1-3-28-14-26-19-5-4-17(10-20(19)28)16-6-8-29(9-7-16)23(32)21-18(22(31)27-35)12-25(11-15(25)2)13-30(21)24(33)34/h4-6,10,14-15,18,21,35H,3,7-9,11-13H2,1-2H3,(H,27,31)(H,33,34)/t15?,18-,21-,25?/m0/s1. The summed E-state index contributed by atoms with van der Waals surface area (Å²) < 4.78 is 2.08. The lowest BCUT2D eigenvalue weighted by Gasteiger charge is -2.44. The van der Waals surface area contributed by atoms with Crippen LogP contribution in [-0.4, -0.2) is 73.2 Å². The summed E-state index contributed by atoms with van der Waals surface area (Å²) in [5.74, 6) is -1.75. The number of aromatic nitrogens is 2. The van der Waals surface area contributed by atoms with Crippen molar-refractivity contribution in [3.8, 4) is 0 Å². The largest absolute Gasteiger partial charge is 0.465 e. The van der Waals surface area contributed by atoms with Crippen LogP contribution in [-0.2, 0) is 16.1 Å². The van der Waals surface area contributed by atoms with Crippen LogP contribution in [0.15, 0.2) is 30.6 Å². The minimum absolute atomic E-state index is 0.231. The minimum atomic E-state index is -1.22. The normalized spacial score (nSPS) is 28.2. The molecule has 1 saturated heterocycles. The van der Waals surface area contributed by atoms with Crippen LogP contribution in [0.1, 0.15) is 38.7 Å². The number of nitrogens with zero attached hydrogens (tertiary/aromatic N) is 4. The number of hydrogen-bond acceptors (Lipinski definition) is 5. The Morgan fingerprint density at radius 3 is 2.63 bits per heavy atom. The number of carbonyl (C=O) groups excluding carboxylic acids is 2. The summed E-state index contributed by atoms with van der Waals surface area (Å²) in [7, 11) is 0. The fourth-order valence-electron chi connectivity index (χ4n) is 5.96. The zero-order valence-corrected chi connectivity index (χ0v) is 20.0. The third kappa shape index (κ3) is 3.95. The van der Waals surface area contributed by atoms with Crippen molar-refractivity contribution in [2.75, 3.05) is 19.6 Å². The second-order valence-corrected chi connectivity index (χ2v) is 10.1. The second kappa shape index (κ2) is 8.67. The van der Waals surface area contributed by atoms with Gasteiger partial charge in [0.2, 0.25) is 11.8 Å². The third-order valence-corrected chi connectivity index (χ3v) is 8.23. The number of piperidine rings is 1. The molecule has 10 heteroatoms. The number of benzene rings is 1. The van der Waals surface area contributed by atoms with Gasteiger partial charge in [0.25, 0.3) is 0 Å². The summed E-state index contributed by atoms with van der Waals surface area (Å²) in [4.78, 5) is 45.5. The predicted octanol–water partition coefficient (Wildman–Crippen LogP) is 2.57. The summed E-state index contributed by atoms with van der Waals surface area (Å²) in [6.45, 7) is 5.91. The van der Waals surface area contributed by atoms with E-state index in [1.165, 1.54) is 0 Å². The fourth-order valence-corrected chi connectivity index (χ4v) is 5.96. The molecule has 4 atom stereocenters. The van der Waals surface area contributed by atoms with Gasteiger partial charge in [0.1, 0.15) is 6.04 Å². The van der Waals surface area contributed by atoms with Crippen molar-refractivity contribution in [3.05, 3.63) is 36.2 Å². The molecule has 0 bridgehead atoms. The van der Waals surface area contributed by atoms with Gasteiger partial charge in [0, 0.05) is 26.2 Å². The first kappa shape index (κ1) is 23.3. The Balaban J connectivity index is 1.38. The van der Waals surface area contributed by atoms with Crippen LogP contribution in [0.2, 0.25) is 0 Å². The predicted molar refractivity (Wildman–Crippen MR) is 127 cm³/mol. The number of amides is 3. The summed E-state index contributed by atoms with van der Waals surface area (Å²) in [5.41, 5.74) is 5.55. The highest BCUT2D eigenvalue weighted by Gasteiger charge is 2.61. The Labute approximate surface area is 203 Å². The van der Waals surface area contributed by atoms with Gasteiger partial charge >= 0.3 is 6.09 Å². The number of hydrogen-bond donors (Lipinski definition) is 3. The Kier molecular flexibility index (Phi) is 5.79. The summed E-state index contributed by atoms with van der Waals surface area (Å²) >= 11 is 0. The number of carboxylic acid groups (broad SMARTS) is 1. The van der Waals surface area contributed by atoms with Crippen LogP contribution >= 0.6 is 0 Å². The van der Waals surface area contributed by atoms with E-state index in [1.807, 2.05) is 31.5 Å². The lowest BCUT2D eigenvalue weighted by Crippen LogP contribution is -2.62. The molecule has 35 heavy (non-hydrogen) atoms. The van der Waals surface area contributed by atoms with E-state index >= 15 is 0 Å². The molecule has 3 aliphatic rings. The van der Waals surface area contributed by atoms with Gasteiger partial charge in [-0.1, -0.05) is 19.1 Å². The number of hydroxylamine groups is 1. The first-order valence-corrected chi connectivity index (χ1v) is 12.1. The molecule has 3 amide bonds. The number of carbonyl (C=O) groups is 3. The zero-order chi connectivity index (χ0) is 24.9. The number of rotatable bonds is 4. The number of nitrogens with one attached hydrogen (secondary N) is 1. The highest BCUT2D eigenvalue weighted by molar-refractivity contribution is 5.93. The van der Waals surface area contributed by atoms with E-state index in [2.05, 4.69) is 22.5 Å². The first-order valence-electron chi connectivity index (χ1n) is 12.1. The van der Waals surface area contributed by atoms with Gasteiger partial charge in [0.15, 0.2) is 0 Å².